The largest absolute Gasteiger partial charge is 0.349 e. The van der Waals surface area contributed by atoms with E-state index in [1.165, 1.54) is 11.1 Å². The summed E-state index contributed by atoms with van der Waals surface area (Å²) >= 11 is 5.94. The monoisotopic (exact) mass is 461 g/mol. The molecule has 1 aliphatic carbocycles. The van der Waals surface area contributed by atoms with Crippen LogP contribution in [0.25, 0.3) is 0 Å². The van der Waals surface area contributed by atoms with E-state index in [-0.39, 0.29) is 35.7 Å². The minimum absolute atomic E-state index is 0. The number of carbonyl (C=O) groups excluding carboxylic acids is 2. The highest BCUT2D eigenvalue weighted by Gasteiger charge is 2.46. The van der Waals surface area contributed by atoms with Crippen molar-refractivity contribution in [2.24, 2.45) is 5.73 Å². The summed E-state index contributed by atoms with van der Waals surface area (Å²) in [6, 6.07) is 15.4. The van der Waals surface area contributed by atoms with Crippen LogP contribution in [0.5, 0.6) is 0 Å². The highest BCUT2D eigenvalue weighted by Crippen LogP contribution is 2.50. The number of benzene rings is 2. The van der Waals surface area contributed by atoms with E-state index >= 15 is 0 Å². The Balaban J connectivity index is 0.00000272. The van der Waals surface area contributed by atoms with Gasteiger partial charge < -0.3 is 16.0 Å². The summed E-state index contributed by atoms with van der Waals surface area (Å²) in [4.78, 5) is 26.5. The van der Waals surface area contributed by atoms with E-state index in [2.05, 4.69) is 23.5 Å². The number of rotatable bonds is 4. The van der Waals surface area contributed by atoms with Crippen molar-refractivity contribution in [3.8, 4) is 0 Å². The first-order valence-electron chi connectivity index (χ1n) is 10.5. The molecule has 166 valence electrons. The quantitative estimate of drug-likeness (QED) is 0.727. The lowest BCUT2D eigenvalue weighted by atomic mass is 9.73. The van der Waals surface area contributed by atoms with Gasteiger partial charge in [0.25, 0.3) is 0 Å². The van der Waals surface area contributed by atoms with Crippen LogP contribution in [0.1, 0.15) is 48.9 Å². The number of halogens is 2. The van der Waals surface area contributed by atoms with Crippen molar-refractivity contribution < 1.29 is 9.59 Å². The van der Waals surface area contributed by atoms with Gasteiger partial charge >= 0.3 is 0 Å². The van der Waals surface area contributed by atoms with Gasteiger partial charge in [-0.25, -0.2) is 0 Å². The molecule has 4 rings (SSSR count). The van der Waals surface area contributed by atoms with E-state index in [1.54, 1.807) is 6.92 Å². The lowest BCUT2D eigenvalue weighted by Crippen LogP contribution is -2.50. The van der Waals surface area contributed by atoms with Crippen molar-refractivity contribution in [3.63, 3.8) is 0 Å². The maximum absolute atomic E-state index is 12.9. The van der Waals surface area contributed by atoms with Crippen LogP contribution in [0.2, 0.25) is 5.02 Å². The second-order valence-electron chi connectivity index (χ2n) is 8.59. The van der Waals surface area contributed by atoms with Gasteiger partial charge in [-0.3, -0.25) is 9.59 Å². The molecule has 0 aromatic heterocycles. The summed E-state index contributed by atoms with van der Waals surface area (Å²) in [5.41, 5.74) is 9.81. The highest BCUT2D eigenvalue weighted by atomic mass is 35.5. The summed E-state index contributed by atoms with van der Waals surface area (Å²) in [5.74, 6) is -0.00265. The molecule has 0 unspecified atom stereocenters. The van der Waals surface area contributed by atoms with Crippen molar-refractivity contribution in [3.05, 3.63) is 70.2 Å². The predicted molar refractivity (Wildman–Crippen MR) is 125 cm³/mol. The third-order valence-electron chi connectivity index (χ3n) is 6.60. The first-order chi connectivity index (χ1) is 14.4. The average Bonchev–Trinajstić information content (AvgIpc) is 3.02. The molecule has 31 heavy (non-hydrogen) atoms. The summed E-state index contributed by atoms with van der Waals surface area (Å²) in [6.07, 6.45) is 3.18. The minimum Gasteiger partial charge on any atom is -0.349 e. The number of amides is 2. The van der Waals surface area contributed by atoms with Crippen molar-refractivity contribution in [1.29, 1.82) is 0 Å². The molecule has 2 atom stereocenters. The highest BCUT2D eigenvalue weighted by molar-refractivity contribution is 6.30. The summed E-state index contributed by atoms with van der Waals surface area (Å²) in [6.45, 7) is 2.94. The van der Waals surface area contributed by atoms with Crippen molar-refractivity contribution in [2.75, 3.05) is 13.1 Å². The third kappa shape index (κ3) is 4.89. The molecule has 1 saturated heterocycles. The summed E-state index contributed by atoms with van der Waals surface area (Å²) in [7, 11) is 0. The minimum atomic E-state index is -0.553. The van der Waals surface area contributed by atoms with Gasteiger partial charge in [-0.2, -0.15) is 0 Å². The fraction of sp³-hybridized carbons (Fsp3) is 0.417. The SMILES string of the molecule is CC(=O)N[C@@H]1CC2(CCN(C(=O)[C@H](N)Cc3ccc(Cl)cc3)CC2)c2ccccc21.Cl. The molecule has 2 aliphatic rings. The van der Waals surface area contributed by atoms with Gasteiger partial charge in [-0.05, 0) is 54.5 Å². The molecule has 5 nitrogen and oxygen atoms in total. The number of nitrogens with zero attached hydrogens (tertiary/aromatic N) is 1. The second-order valence-corrected chi connectivity index (χ2v) is 9.02. The van der Waals surface area contributed by atoms with Crippen LogP contribution in [0, 0.1) is 0 Å². The number of fused-ring (bicyclic) bond motifs is 2. The molecule has 3 N–H and O–H groups in total. The molecule has 7 heteroatoms. The number of nitrogens with two attached hydrogens (primary N) is 1. The molecule has 0 radical (unpaired) electrons. The number of hydrogen-bond acceptors (Lipinski definition) is 3. The van der Waals surface area contributed by atoms with E-state index in [0.717, 1.165) is 24.8 Å². The Labute approximate surface area is 194 Å². The van der Waals surface area contributed by atoms with Gasteiger partial charge in [-0.1, -0.05) is 48.0 Å². The van der Waals surface area contributed by atoms with Crippen LogP contribution in [-0.2, 0) is 21.4 Å². The van der Waals surface area contributed by atoms with E-state index in [4.69, 9.17) is 17.3 Å². The number of hydrogen-bond donors (Lipinski definition) is 2. The average molecular weight is 462 g/mol. The molecule has 0 bridgehead atoms. The van der Waals surface area contributed by atoms with E-state index < -0.39 is 6.04 Å². The Morgan fingerprint density at radius 1 is 1.16 bits per heavy atom. The smallest absolute Gasteiger partial charge is 0.239 e. The predicted octanol–water partition coefficient (Wildman–Crippen LogP) is 3.77. The lowest BCUT2D eigenvalue weighted by Gasteiger charge is -2.41. The lowest BCUT2D eigenvalue weighted by molar-refractivity contribution is -0.134. The molecular formula is C24H29Cl2N3O2. The number of likely N-dealkylation sites (tertiary alicyclic amines) is 1. The van der Waals surface area contributed by atoms with Gasteiger partial charge in [0, 0.05) is 30.5 Å². The fourth-order valence-electron chi connectivity index (χ4n) is 5.09. The zero-order valence-corrected chi connectivity index (χ0v) is 19.2. The van der Waals surface area contributed by atoms with Crippen LogP contribution in [-0.4, -0.2) is 35.8 Å². The Morgan fingerprint density at radius 3 is 2.45 bits per heavy atom. The van der Waals surface area contributed by atoms with Gasteiger partial charge in [0.1, 0.15) is 0 Å². The number of carbonyl (C=O) groups is 2. The van der Waals surface area contributed by atoms with Crippen molar-refractivity contribution >= 4 is 35.8 Å². The first-order valence-corrected chi connectivity index (χ1v) is 10.9. The van der Waals surface area contributed by atoms with Gasteiger partial charge in [0.15, 0.2) is 0 Å². The van der Waals surface area contributed by atoms with Crippen LogP contribution in [0.3, 0.4) is 0 Å². The zero-order valence-electron chi connectivity index (χ0n) is 17.6. The van der Waals surface area contributed by atoms with Gasteiger partial charge in [0.2, 0.25) is 11.8 Å². The van der Waals surface area contributed by atoms with Crippen molar-refractivity contribution in [1.82, 2.24) is 10.2 Å². The molecule has 2 aromatic carbocycles. The topological polar surface area (TPSA) is 75.4 Å². The van der Waals surface area contributed by atoms with E-state index in [9.17, 15) is 9.59 Å². The molecule has 1 spiro atoms. The standard InChI is InChI=1S/C24H28ClN3O2.ClH/c1-16(29)27-22-15-24(20-5-3-2-4-19(20)22)10-12-28(13-11-24)23(30)21(26)14-17-6-8-18(25)9-7-17;/h2-9,21-22H,10-15,26H2,1H3,(H,27,29);1H/t21-,22-;/m1./s1. The molecular weight excluding hydrogens is 433 g/mol. The summed E-state index contributed by atoms with van der Waals surface area (Å²) < 4.78 is 0. The third-order valence-corrected chi connectivity index (χ3v) is 6.85. The molecule has 1 heterocycles. The fourth-order valence-corrected chi connectivity index (χ4v) is 5.22. The molecule has 1 aliphatic heterocycles. The first kappa shape index (κ1) is 23.6. The Morgan fingerprint density at radius 2 is 1.81 bits per heavy atom. The number of nitrogens with one attached hydrogen (secondary N) is 1. The van der Waals surface area contributed by atoms with Crippen molar-refractivity contribution in [2.45, 2.75) is 50.1 Å². The molecule has 1 fully saturated rings. The van der Waals surface area contributed by atoms with Gasteiger partial charge in [0.05, 0.1) is 12.1 Å². The van der Waals surface area contributed by atoms with Crippen LogP contribution >= 0.6 is 24.0 Å². The van der Waals surface area contributed by atoms with Crippen LogP contribution in [0.4, 0.5) is 0 Å². The Hall–Kier alpha value is -2.08. The second kappa shape index (κ2) is 9.60. The van der Waals surface area contributed by atoms with Crippen LogP contribution in [0.15, 0.2) is 48.5 Å². The number of piperidine rings is 1. The maximum atomic E-state index is 12.9. The molecule has 2 amide bonds. The van der Waals surface area contributed by atoms with E-state index in [1.807, 2.05) is 35.2 Å². The Kier molecular flexibility index (Phi) is 7.30. The zero-order chi connectivity index (χ0) is 21.3. The van der Waals surface area contributed by atoms with Gasteiger partial charge in [-0.15, -0.1) is 12.4 Å². The maximum Gasteiger partial charge on any atom is 0.239 e. The molecule has 0 saturated carbocycles. The van der Waals surface area contributed by atoms with Crippen LogP contribution < -0.4 is 11.1 Å². The summed E-state index contributed by atoms with van der Waals surface area (Å²) in [5, 5.41) is 3.78. The Bertz CT molecular complexity index is 940. The van der Waals surface area contributed by atoms with E-state index in [0.29, 0.717) is 24.5 Å². The normalized spacial score (nSPS) is 20.0. The molecule has 2 aromatic rings.